The van der Waals surface area contributed by atoms with Crippen molar-refractivity contribution in [3.63, 3.8) is 0 Å². The number of benzene rings is 2. The smallest absolute Gasteiger partial charge is 0.255 e. The topological polar surface area (TPSA) is 101 Å². The third kappa shape index (κ3) is 4.37. The highest BCUT2D eigenvalue weighted by atomic mass is 32.1. The normalized spacial score (nSPS) is 13.1. The average molecular weight is 466 g/mol. The van der Waals surface area contributed by atoms with Gasteiger partial charge < -0.3 is 10.6 Å². The molecule has 166 valence electrons. The number of thiazole rings is 1. The third-order valence-electron chi connectivity index (χ3n) is 5.42. The SMILES string of the molecule is Nc1ccc(C#Cc2ccc3c(c2)C(=O)N(C(C(=O)Nc2nccs2)c2ccccc2)C3)cn1. The van der Waals surface area contributed by atoms with Crippen molar-refractivity contribution < 1.29 is 9.59 Å². The Kier molecular flexibility index (Phi) is 5.77. The van der Waals surface area contributed by atoms with Crippen molar-refractivity contribution in [2.75, 3.05) is 11.1 Å². The van der Waals surface area contributed by atoms with E-state index in [0.29, 0.717) is 28.6 Å². The number of nitrogens with one attached hydrogen (secondary N) is 1. The van der Waals surface area contributed by atoms with Crippen molar-refractivity contribution >= 4 is 34.1 Å². The molecule has 2 aromatic carbocycles. The Balaban J connectivity index is 1.43. The zero-order valence-corrected chi connectivity index (χ0v) is 18.8. The molecule has 1 aliphatic heterocycles. The number of aromatic nitrogens is 2. The largest absolute Gasteiger partial charge is 0.384 e. The van der Waals surface area contributed by atoms with Crippen molar-refractivity contribution in [1.82, 2.24) is 14.9 Å². The lowest BCUT2D eigenvalue weighted by atomic mass is 10.0. The molecule has 8 heteroatoms. The quantitative estimate of drug-likeness (QED) is 0.446. The Morgan fingerprint density at radius 2 is 1.85 bits per heavy atom. The van der Waals surface area contributed by atoms with Gasteiger partial charge in [0.25, 0.3) is 11.8 Å². The van der Waals surface area contributed by atoms with Crippen LogP contribution in [0.2, 0.25) is 0 Å². The fourth-order valence-corrected chi connectivity index (χ4v) is 4.33. The van der Waals surface area contributed by atoms with Gasteiger partial charge in [0.15, 0.2) is 5.13 Å². The van der Waals surface area contributed by atoms with E-state index in [1.807, 2.05) is 42.5 Å². The Hall–Kier alpha value is -4.48. The van der Waals surface area contributed by atoms with Gasteiger partial charge in [-0.2, -0.15) is 0 Å². The molecule has 1 aliphatic rings. The van der Waals surface area contributed by atoms with Crippen LogP contribution < -0.4 is 11.1 Å². The molecule has 3 N–H and O–H groups in total. The van der Waals surface area contributed by atoms with Crippen LogP contribution in [-0.2, 0) is 11.3 Å². The number of nitrogens with zero attached hydrogens (tertiary/aromatic N) is 3. The van der Waals surface area contributed by atoms with Gasteiger partial charge in [-0.25, -0.2) is 9.97 Å². The monoisotopic (exact) mass is 465 g/mol. The molecule has 7 nitrogen and oxygen atoms in total. The second-order valence-corrected chi connectivity index (χ2v) is 8.56. The van der Waals surface area contributed by atoms with Gasteiger partial charge in [0.1, 0.15) is 11.9 Å². The molecular formula is C26H19N5O2S. The standard InChI is InChI=1S/C26H19N5O2S/c27-22-11-9-18(15-29-22)7-6-17-8-10-20-16-31(25(33)21(20)14-17)23(19-4-2-1-3-5-19)24(32)30-26-28-12-13-34-26/h1-5,8-15,23H,16H2,(H2,27,29)(H,28,30,32). The summed E-state index contributed by atoms with van der Waals surface area (Å²) in [6.45, 7) is 0.328. The molecule has 1 unspecified atom stereocenters. The van der Waals surface area contributed by atoms with Gasteiger partial charge >= 0.3 is 0 Å². The fourth-order valence-electron chi connectivity index (χ4n) is 3.80. The number of hydrogen-bond acceptors (Lipinski definition) is 6. The van der Waals surface area contributed by atoms with Crippen molar-refractivity contribution in [3.05, 3.63) is 106 Å². The van der Waals surface area contributed by atoms with Crippen LogP contribution >= 0.6 is 11.3 Å². The minimum atomic E-state index is -0.791. The number of nitrogen functional groups attached to an aromatic ring is 1. The molecular weight excluding hydrogens is 446 g/mol. The number of carbonyl (C=O) groups is 2. The molecule has 0 fully saturated rings. The van der Waals surface area contributed by atoms with Crippen molar-refractivity contribution in [1.29, 1.82) is 0 Å². The van der Waals surface area contributed by atoms with E-state index in [-0.39, 0.29) is 11.8 Å². The van der Waals surface area contributed by atoms with Crippen LogP contribution in [0.25, 0.3) is 0 Å². The summed E-state index contributed by atoms with van der Waals surface area (Å²) in [4.78, 5) is 36.5. The number of fused-ring (bicyclic) bond motifs is 1. The zero-order valence-electron chi connectivity index (χ0n) is 17.9. The number of nitrogens with two attached hydrogens (primary N) is 1. The molecule has 0 saturated heterocycles. The minimum absolute atomic E-state index is 0.212. The summed E-state index contributed by atoms with van der Waals surface area (Å²) in [5.74, 6) is 6.02. The molecule has 2 amide bonds. The van der Waals surface area contributed by atoms with Crippen LogP contribution in [0, 0.1) is 11.8 Å². The molecule has 1 atom stereocenters. The van der Waals surface area contributed by atoms with E-state index in [2.05, 4.69) is 27.1 Å². The zero-order chi connectivity index (χ0) is 23.5. The molecule has 0 radical (unpaired) electrons. The molecule has 3 heterocycles. The number of hydrogen-bond donors (Lipinski definition) is 2. The van der Waals surface area contributed by atoms with E-state index < -0.39 is 6.04 Å². The van der Waals surface area contributed by atoms with Crippen molar-refractivity contribution in [2.24, 2.45) is 0 Å². The summed E-state index contributed by atoms with van der Waals surface area (Å²) >= 11 is 1.33. The first-order valence-corrected chi connectivity index (χ1v) is 11.4. The summed E-state index contributed by atoms with van der Waals surface area (Å²) in [6, 6.07) is 17.5. The van der Waals surface area contributed by atoms with Gasteiger partial charge in [-0.05, 0) is 35.4 Å². The number of pyridine rings is 1. The highest BCUT2D eigenvalue weighted by Crippen LogP contribution is 2.33. The lowest BCUT2D eigenvalue weighted by Gasteiger charge is -2.27. The average Bonchev–Trinajstić information content (AvgIpc) is 3.48. The first kappa shape index (κ1) is 21.4. The molecule has 2 aromatic heterocycles. The summed E-state index contributed by atoms with van der Waals surface area (Å²) < 4.78 is 0. The first-order chi connectivity index (χ1) is 16.6. The Morgan fingerprint density at radius 3 is 2.59 bits per heavy atom. The molecule has 0 aliphatic carbocycles. The Labute approximate surface area is 200 Å². The number of rotatable bonds is 4. The lowest BCUT2D eigenvalue weighted by Crippen LogP contribution is -2.37. The van der Waals surface area contributed by atoms with Crippen molar-refractivity contribution in [3.8, 4) is 11.8 Å². The fraction of sp³-hybridized carbons (Fsp3) is 0.0769. The summed E-state index contributed by atoms with van der Waals surface area (Å²) in [6.07, 6.45) is 3.23. The highest BCUT2D eigenvalue weighted by Gasteiger charge is 2.37. The van der Waals surface area contributed by atoms with E-state index >= 15 is 0 Å². The van der Waals surface area contributed by atoms with Crippen molar-refractivity contribution in [2.45, 2.75) is 12.6 Å². The van der Waals surface area contributed by atoms with E-state index in [0.717, 1.165) is 16.7 Å². The minimum Gasteiger partial charge on any atom is -0.384 e. The molecule has 0 bridgehead atoms. The van der Waals surface area contributed by atoms with Gasteiger partial charge in [-0.15, -0.1) is 11.3 Å². The van der Waals surface area contributed by atoms with E-state index in [9.17, 15) is 9.59 Å². The molecule has 0 saturated carbocycles. The van der Waals surface area contributed by atoms with Crippen LogP contribution in [0.1, 0.15) is 38.7 Å². The Bertz CT molecular complexity index is 1410. The van der Waals surface area contributed by atoms with Crippen LogP contribution in [0.4, 0.5) is 10.9 Å². The van der Waals surface area contributed by atoms with E-state index in [1.54, 1.807) is 40.9 Å². The summed E-state index contributed by atoms with van der Waals surface area (Å²) in [5, 5.41) is 5.11. The van der Waals surface area contributed by atoms with Gasteiger partial charge in [0, 0.05) is 41.0 Å². The highest BCUT2D eigenvalue weighted by molar-refractivity contribution is 7.13. The van der Waals surface area contributed by atoms with Crippen LogP contribution in [0.5, 0.6) is 0 Å². The van der Waals surface area contributed by atoms with Gasteiger partial charge in [0.05, 0.1) is 0 Å². The second kappa shape index (κ2) is 9.17. The van der Waals surface area contributed by atoms with E-state index in [1.165, 1.54) is 11.3 Å². The first-order valence-electron chi connectivity index (χ1n) is 10.5. The van der Waals surface area contributed by atoms with E-state index in [4.69, 9.17) is 5.73 Å². The number of carbonyl (C=O) groups excluding carboxylic acids is 2. The predicted molar refractivity (Wildman–Crippen MR) is 131 cm³/mol. The van der Waals surface area contributed by atoms with Gasteiger partial charge in [0.2, 0.25) is 0 Å². The molecule has 34 heavy (non-hydrogen) atoms. The lowest BCUT2D eigenvalue weighted by molar-refractivity contribution is -0.120. The molecule has 4 aromatic rings. The van der Waals surface area contributed by atoms with Gasteiger partial charge in [-0.1, -0.05) is 48.2 Å². The Morgan fingerprint density at radius 1 is 1.06 bits per heavy atom. The maximum Gasteiger partial charge on any atom is 0.255 e. The maximum absolute atomic E-state index is 13.4. The number of anilines is 2. The van der Waals surface area contributed by atoms with Gasteiger partial charge in [-0.3, -0.25) is 14.9 Å². The maximum atomic E-state index is 13.4. The second-order valence-electron chi connectivity index (χ2n) is 7.67. The summed E-state index contributed by atoms with van der Waals surface area (Å²) in [7, 11) is 0. The summed E-state index contributed by atoms with van der Waals surface area (Å²) in [5.41, 5.74) is 9.18. The molecule has 5 rings (SSSR count). The molecule has 0 spiro atoms. The van der Waals surface area contributed by atoms with Crippen LogP contribution in [0.3, 0.4) is 0 Å². The van der Waals surface area contributed by atoms with Crippen LogP contribution in [-0.4, -0.2) is 26.7 Å². The number of amides is 2. The predicted octanol–water partition coefficient (Wildman–Crippen LogP) is 3.86. The third-order valence-corrected chi connectivity index (χ3v) is 6.11. The van der Waals surface area contributed by atoms with Crippen LogP contribution in [0.15, 0.2) is 78.4 Å².